The molecule has 2 heterocycles. The standard InChI is InChI=1S/C10H13N3O2/c11-13-10(14)9-8(2-1-4-12-9)7-3-5-15-6-7/h1-2,4,7H,3,5-6,11H2,(H,13,14). The molecular formula is C10H13N3O2. The fraction of sp³-hybridized carbons (Fsp3) is 0.400. The average molecular weight is 207 g/mol. The van der Waals surface area contributed by atoms with Gasteiger partial charge < -0.3 is 4.74 Å². The highest BCUT2D eigenvalue weighted by molar-refractivity contribution is 5.93. The maximum atomic E-state index is 11.5. The molecule has 80 valence electrons. The fourth-order valence-corrected chi connectivity index (χ4v) is 1.79. The van der Waals surface area contributed by atoms with E-state index in [1.807, 2.05) is 12.1 Å². The summed E-state index contributed by atoms with van der Waals surface area (Å²) in [5.74, 6) is 5.01. The van der Waals surface area contributed by atoms with Gasteiger partial charge >= 0.3 is 0 Å². The third-order valence-corrected chi connectivity index (χ3v) is 2.55. The molecule has 1 saturated heterocycles. The lowest BCUT2D eigenvalue weighted by molar-refractivity contribution is 0.0947. The molecule has 5 heteroatoms. The van der Waals surface area contributed by atoms with Crippen LogP contribution >= 0.6 is 0 Å². The first kappa shape index (κ1) is 10.1. The Morgan fingerprint density at radius 2 is 2.53 bits per heavy atom. The normalized spacial score (nSPS) is 20.2. The predicted molar refractivity (Wildman–Crippen MR) is 54.1 cm³/mol. The van der Waals surface area contributed by atoms with Gasteiger partial charge in [0.2, 0.25) is 0 Å². The van der Waals surface area contributed by atoms with Gasteiger partial charge in [0.25, 0.3) is 5.91 Å². The Kier molecular flexibility index (Phi) is 2.94. The highest BCUT2D eigenvalue weighted by Crippen LogP contribution is 2.26. The maximum Gasteiger partial charge on any atom is 0.284 e. The van der Waals surface area contributed by atoms with E-state index in [2.05, 4.69) is 10.4 Å². The number of hydrogen-bond donors (Lipinski definition) is 2. The van der Waals surface area contributed by atoms with Crippen molar-refractivity contribution in [2.75, 3.05) is 13.2 Å². The number of nitrogens with two attached hydrogens (primary N) is 1. The number of ether oxygens (including phenoxy) is 1. The number of rotatable bonds is 2. The van der Waals surface area contributed by atoms with Crippen LogP contribution in [0.4, 0.5) is 0 Å². The number of pyridine rings is 1. The number of hydrazine groups is 1. The molecule has 1 fully saturated rings. The summed E-state index contributed by atoms with van der Waals surface area (Å²) in [6.07, 6.45) is 2.51. The third-order valence-electron chi connectivity index (χ3n) is 2.55. The zero-order valence-electron chi connectivity index (χ0n) is 8.27. The van der Waals surface area contributed by atoms with Crippen LogP contribution in [-0.4, -0.2) is 24.1 Å². The SMILES string of the molecule is NNC(=O)c1ncccc1C1CCOC1. The molecule has 1 aliphatic heterocycles. The van der Waals surface area contributed by atoms with Crippen molar-refractivity contribution in [2.24, 2.45) is 5.84 Å². The van der Waals surface area contributed by atoms with E-state index in [4.69, 9.17) is 10.6 Å². The van der Waals surface area contributed by atoms with Gasteiger partial charge in [-0.05, 0) is 18.1 Å². The zero-order valence-corrected chi connectivity index (χ0v) is 8.27. The Balaban J connectivity index is 2.32. The first-order valence-corrected chi connectivity index (χ1v) is 4.86. The Labute approximate surface area is 87.6 Å². The van der Waals surface area contributed by atoms with E-state index >= 15 is 0 Å². The molecule has 1 aromatic rings. The van der Waals surface area contributed by atoms with Gasteiger partial charge in [-0.25, -0.2) is 5.84 Å². The van der Waals surface area contributed by atoms with Crippen LogP contribution in [0.15, 0.2) is 18.3 Å². The van der Waals surface area contributed by atoms with Crippen LogP contribution in [0.3, 0.4) is 0 Å². The van der Waals surface area contributed by atoms with Crippen molar-refractivity contribution in [3.63, 3.8) is 0 Å². The molecule has 5 nitrogen and oxygen atoms in total. The van der Waals surface area contributed by atoms with Crippen molar-refractivity contribution in [1.82, 2.24) is 10.4 Å². The first-order chi connectivity index (χ1) is 7.33. The molecule has 0 spiro atoms. The lowest BCUT2D eigenvalue weighted by Crippen LogP contribution is -2.32. The average Bonchev–Trinajstić information content (AvgIpc) is 2.81. The predicted octanol–water partition coefficient (Wildman–Crippen LogP) is 0.189. The maximum absolute atomic E-state index is 11.5. The lowest BCUT2D eigenvalue weighted by atomic mass is 9.97. The van der Waals surface area contributed by atoms with E-state index in [0.29, 0.717) is 12.3 Å². The molecule has 1 unspecified atom stereocenters. The Morgan fingerprint density at radius 1 is 1.67 bits per heavy atom. The lowest BCUT2D eigenvalue weighted by Gasteiger charge is -2.11. The van der Waals surface area contributed by atoms with Crippen LogP contribution in [-0.2, 0) is 4.74 Å². The van der Waals surface area contributed by atoms with Gasteiger partial charge in [-0.15, -0.1) is 0 Å². The van der Waals surface area contributed by atoms with Crippen LogP contribution in [0.2, 0.25) is 0 Å². The minimum absolute atomic E-state index is 0.256. The van der Waals surface area contributed by atoms with Gasteiger partial charge in [0, 0.05) is 18.7 Å². The minimum atomic E-state index is -0.350. The number of carbonyl (C=O) groups excluding carboxylic acids is 1. The van der Waals surface area contributed by atoms with Crippen LogP contribution in [0, 0.1) is 0 Å². The molecule has 0 aliphatic carbocycles. The molecule has 0 aromatic carbocycles. The molecule has 0 radical (unpaired) electrons. The number of nitrogens with zero attached hydrogens (tertiary/aromatic N) is 1. The van der Waals surface area contributed by atoms with Crippen LogP contribution in [0.25, 0.3) is 0 Å². The smallest absolute Gasteiger partial charge is 0.284 e. The van der Waals surface area contributed by atoms with Crippen LogP contribution in [0.1, 0.15) is 28.4 Å². The zero-order chi connectivity index (χ0) is 10.7. The first-order valence-electron chi connectivity index (χ1n) is 4.86. The summed E-state index contributed by atoms with van der Waals surface area (Å²) in [5, 5.41) is 0. The molecular weight excluding hydrogens is 194 g/mol. The second-order valence-corrected chi connectivity index (χ2v) is 3.48. The van der Waals surface area contributed by atoms with Crippen molar-refractivity contribution >= 4 is 5.91 Å². The quantitative estimate of drug-likeness (QED) is 0.412. The fourth-order valence-electron chi connectivity index (χ4n) is 1.79. The largest absolute Gasteiger partial charge is 0.381 e. The van der Waals surface area contributed by atoms with Gasteiger partial charge in [-0.1, -0.05) is 6.07 Å². The summed E-state index contributed by atoms with van der Waals surface area (Å²) in [7, 11) is 0. The molecule has 1 aliphatic rings. The second-order valence-electron chi connectivity index (χ2n) is 3.48. The van der Waals surface area contributed by atoms with E-state index in [1.165, 1.54) is 0 Å². The van der Waals surface area contributed by atoms with E-state index < -0.39 is 0 Å². The summed E-state index contributed by atoms with van der Waals surface area (Å²) in [6, 6.07) is 3.72. The summed E-state index contributed by atoms with van der Waals surface area (Å²) in [5.41, 5.74) is 3.42. The van der Waals surface area contributed by atoms with Crippen molar-refractivity contribution < 1.29 is 9.53 Å². The van der Waals surface area contributed by atoms with Crippen LogP contribution in [0.5, 0.6) is 0 Å². The second kappa shape index (κ2) is 4.37. The molecule has 1 amide bonds. The Hall–Kier alpha value is -1.46. The molecule has 2 rings (SSSR count). The molecule has 1 aromatic heterocycles. The number of aromatic nitrogens is 1. The van der Waals surface area contributed by atoms with Gasteiger partial charge in [0.1, 0.15) is 5.69 Å². The molecule has 1 atom stereocenters. The van der Waals surface area contributed by atoms with E-state index in [-0.39, 0.29) is 11.8 Å². The number of hydrogen-bond acceptors (Lipinski definition) is 4. The Morgan fingerprint density at radius 3 is 3.20 bits per heavy atom. The molecule has 3 N–H and O–H groups in total. The summed E-state index contributed by atoms with van der Waals surface area (Å²) >= 11 is 0. The van der Waals surface area contributed by atoms with E-state index in [1.54, 1.807) is 6.20 Å². The highest BCUT2D eigenvalue weighted by atomic mass is 16.5. The number of nitrogens with one attached hydrogen (secondary N) is 1. The van der Waals surface area contributed by atoms with Gasteiger partial charge in [0.05, 0.1) is 6.61 Å². The summed E-state index contributed by atoms with van der Waals surface area (Å²) < 4.78 is 5.29. The van der Waals surface area contributed by atoms with Crippen LogP contribution < -0.4 is 11.3 Å². The van der Waals surface area contributed by atoms with E-state index in [0.717, 1.165) is 18.6 Å². The van der Waals surface area contributed by atoms with Gasteiger partial charge in [-0.2, -0.15) is 0 Å². The van der Waals surface area contributed by atoms with Gasteiger partial charge in [0.15, 0.2) is 0 Å². The molecule has 15 heavy (non-hydrogen) atoms. The number of amides is 1. The van der Waals surface area contributed by atoms with Crippen molar-refractivity contribution in [1.29, 1.82) is 0 Å². The Bertz CT molecular complexity index is 361. The molecule has 0 bridgehead atoms. The van der Waals surface area contributed by atoms with Crippen molar-refractivity contribution in [3.8, 4) is 0 Å². The van der Waals surface area contributed by atoms with Gasteiger partial charge in [-0.3, -0.25) is 15.2 Å². The topological polar surface area (TPSA) is 77.2 Å². The number of nitrogen functional groups attached to an aromatic ring is 1. The van der Waals surface area contributed by atoms with E-state index in [9.17, 15) is 4.79 Å². The highest BCUT2D eigenvalue weighted by Gasteiger charge is 2.23. The number of carbonyl (C=O) groups is 1. The summed E-state index contributed by atoms with van der Waals surface area (Å²) in [4.78, 5) is 15.5. The third kappa shape index (κ3) is 1.98. The summed E-state index contributed by atoms with van der Waals surface area (Å²) in [6.45, 7) is 1.39. The van der Waals surface area contributed by atoms with Crippen molar-refractivity contribution in [2.45, 2.75) is 12.3 Å². The minimum Gasteiger partial charge on any atom is -0.381 e. The monoisotopic (exact) mass is 207 g/mol. The molecule has 0 saturated carbocycles. The van der Waals surface area contributed by atoms with Crippen molar-refractivity contribution in [3.05, 3.63) is 29.6 Å².